The van der Waals surface area contributed by atoms with E-state index in [-0.39, 0.29) is 17.7 Å². The zero-order chi connectivity index (χ0) is 17.3. The topological polar surface area (TPSA) is 59.1 Å². The number of methoxy groups -OCH3 is 2. The molecular weight excluding hydrogens is 308 g/mol. The summed E-state index contributed by atoms with van der Waals surface area (Å²) in [4.78, 5) is 28.8. The molecule has 1 saturated carbocycles. The molecule has 24 heavy (non-hydrogen) atoms. The van der Waals surface area contributed by atoms with E-state index in [2.05, 4.69) is 6.92 Å². The summed E-state index contributed by atoms with van der Waals surface area (Å²) in [6, 6.07) is 5.29. The molecule has 1 aromatic rings. The minimum atomic E-state index is -0.0855. The fourth-order valence-electron chi connectivity index (χ4n) is 3.26. The van der Waals surface area contributed by atoms with Crippen LogP contribution in [0.5, 0.6) is 11.5 Å². The number of piperazine rings is 1. The number of amides is 2. The van der Waals surface area contributed by atoms with Crippen molar-refractivity contribution >= 4 is 11.8 Å². The first kappa shape index (κ1) is 16.6. The van der Waals surface area contributed by atoms with Crippen LogP contribution in [-0.4, -0.2) is 62.0 Å². The average Bonchev–Trinajstić information content (AvgIpc) is 3.36. The van der Waals surface area contributed by atoms with Gasteiger partial charge in [-0.2, -0.15) is 0 Å². The second-order valence-electron chi connectivity index (χ2n) is 6.48. The van der Waals surface area contributed by atoms with Gasteiger partial charge in [0, 0.05) is 32.1 Å². The van der Waals surface area contributed by atoms with Gasteiger partial charge in [0.2, 0.25) is 5.91 Å². The monoisotopic (exact) mass is 332 g/mol. The van der Waals surface area contributed by atoms with Crippen molar-refractivity contribution in [2.45, 2.75) is 13.3 Å². The lowest BCUT2D eigenvalue weighted by Crippen LogP contribution is -2.51. The number of carbonyl (C=O) groups is 2. The van der Waals surface area contributed by atoms with Gasteiger partial charge in [-0.3, -0.25) is 9.59 Å². The van der Waals surface area contributed by atoms with E-state index in [1.54, 1.807) is 30.2 Å². The van der Waals surface area contributed by atoms with Crippen LogP contribution >= 0.6 is 0 Å². The Hall–Kier alpha value is -2.24. The van der Waals surface area contributed by atoms with Crippen molar-refractivity contribution in [2.24, 2.45) is 11.8 Å². The number of nitrogens with zero attached hydrogens (tertiary/aromatic N) is 2. The van der Waals surface area contributed by atoms with Crippen molar-refractivity contribution < 1.29 is 19.1 Å². The molecule has 2 atom stereocenters. The van der Waals surface area contributed by atoms with E-state index < -0.39 is 0 Å². The molecule has 0 N–H and O–H groups in total. The van der Waals surface area contributed by atoms with Gasteiger partial charge in [-0.1, -0.05) is 13.0 Å². The first-order valence-corrected chi connectivity index (χ1v) is 8.35. The van der Waals surface area contributed by atoms with E-state index in [9.17, 15) is 9.59 Å². The fourth-order valence-corrected chi connectivity index (χ4v) is 3.26. The zero-order valence-corrected chi connectivity index (χ0v) is 14.4. The van der Waals surface area contributed by atoms with Crippen LogP contribution in [0.1, 0.15) is 23.7 Å². The number of para-hydroxylation sites is 1. The van der Waals surface area contributed by atoms with Crippen molar-refractivity contribution in [1.82, 2.24) is 9.80 Å². The van der Waals surface area contributed by atoms with Crippen LogP contribution < -0.4 is 9.47 Å². The van der Waals surface area contributed by atoms with Crippen LogP contribution in [0.25, 0.3) is 0 Å². The van der Waals surface area contributed by atoms with Crippen LogP contribution in [0.4, 0.5) is 0 Å². The van der Waals surface area contributed by atoms with Gasteiger partial charge < -0.3 is 19.3 Å². The molecular formula is C18H24N2O4. The Morgan fingerprint density at radius 1 is 1.04 bits per heavy atom. The highest BCUT2D eigenvalue weighted by atomic mass is 16.5. The van der Waals surface area contributed by atoms with Gasteiger partial charge in [0.05, 0.1) is 19.8 Å². The van der Waals surface area contributed by atoms with Gasteiger partial charge in [0.1, 0.15) is 0 Å². The van der Waals surface area contributed by atoms with Crippen LogP contribution in [0.3, 0.4) is 0 Å². The maximum atomic E-state index is 12.8. The van der Waals surface area contributed by atoms with Crippen molar-refractivity contribution in [3.8, 4) is 11.5 Å². The highest BCUT2D eigenvalue weighted by Crippen LogP contribution is 2.39. The van der Waals surface area contributed by atoms with Crippen LogP contribution in [-0.2, 0) is 4.79 Å². The van der Waals surface area contributed by atoms with E-state index in [1.165, 1.54) is 7.11 Å². The Labute approximate surface area is 142 Å². The second-order valence-corrected chi connectivity index (χ2v) is 6.48. The molecule has 6 nitrogen and oxygen atoms in total. The van der Waals surface area contributed by atoms with Crippen LogP contribution in [0.15, 0.2) is 18.2 Å². The Bertz CT molecular complexity index is 638. The van der Waals surface area contributed by atoms with Gasteiger partial charge in [-0.25, -0.2) is 0 Å². The smallest absolute Gasteiger partial charge is 0.257 e. The Morgan fingerprint density at radius 2 is 1.67 bits per heavy atom. The molecule has 1 aliphatic carbocycles. The van der Waals surface area contributed by atoms with E-state index in [1.807, 2.05) is 4.90 Å². The minimum Gasteiger partial charge on any atom is -0.493 e. The van der Waals surface area contributed by atoms with Gasteiger partial charge in [-0.15, -0.1) is 0 Å². The Morgan fingerprint density at radius 3 is 2.21 bits per heavy atom. The summed E-state index contributed by atoms with van der Waals surface area (Å²) in [5.74, 6) is 1.87. The molecule has 1 aromatic carbocycles. The van der Waals surface area contributed by atoms with E-state index >= 15 is 0 Å². The predicted octanol–water partition coefficient (Wildman–Crippen LogP) is 1.64. The quantitative estimate of drug-likeness (QED) is 0.841. The average molecular weight is 332 g/mol. The number of carbonyl (C=O) groups excluding carboxylic acids is 2. The van der Waals surface area contributed by atoms with Crippen molar-refractivity contribution in [3.63, 3.8) is 0 Å². The van der Waals surface area contributed by atoms with Crippen molar-refractivity contribution in [3.05, 3.63) is 23.8 Å². The molecule has 6 heteroatoms. The van der Waals surface area contributed by atoms with Gasteiger partial charge >= 0.3 is 0 Å². The Kier molecular flexibility index (Phi) is 4.64. The molecule has 3 rings (SSSR count). The molecule has 0 aromatic heterocycles. The highest BCUT2D eigenvalue weighted by Gasteiger charge is 2.42. The zero-order valence-electron chi connectivity index (χ0n) is 14.4. The fraction of sp³-hybridized carbons (Fsp3) is 0.556. The third-order valence-corrected chi connectivity index (χ3v) is 4.94. The molecule has 1 saturated heterocycles. The normalized spacial score (nSPS) is 23.0. The van der Waals surface area contributed by atoms with Crippen LogP contribution in [0.2, 0.25) is 0 Å². The first-order valence-electron chi connectivity index (χ1n) is 8.35. The predicted molar refractivity (Wildman–Crippen MR) is 89.3 cm³/mol. The van der Waals surface area contributed by atoms with E-state index in [4.69, 9.17) is 9.47 Å². The summed E-state index contributed by atoms with van der Waals surface area (Å²) >= 11 is 0. The number of benzene rings is 1. The molecule has 0 unspecified atom stereocenters. The van der Waals surface area contributed by atoms with Gasteiger partial charge in [0.25, 0.3) is 5.91 Å². The summed E-state index contributed by atoms with van der Waals surface area (Å²) in [6.07, 6.45) is 0.999. The first-order chi connectivity index (χ1) is 11.6. The number of rotatable bonds is 4. The summed E-state index contributed by atoms with van der Waals surface area (Å²) in [7, 11) is 3.08. The summed E-state index contributed by atoms with van der Waals surface area (Å²) < 4.78 is 10.6. The van der Waals surface area contributed by atoms with Gasteiger partial charge in [0.15, 0.2) is 11.5 Å². The summed E-state index contributed by atoms with van der Waals surface area (Å²) in [5.41, 5.74) is 0.493. The molecule has 0 bridgehead atoms. The summed E-state index contributed by atoms with van der Waals surface area (Å²) in [6.45, 7) is 4.40. The molecule has 2 amide bonds. The standard InChI is InChI=1S/C18H24N2O4/c1-12-11-14(12)18(22)20-9-7-19(8-10-20)17(21)13-5-4-6-15(23-2)16(13)24-3/h4-6,12,14H,7-11H2,1-3H3/t12-,14+/m0/s1. The maximum absolute atomic E-state index is 12.8. The SMILES string of the molecule is COc1cccc(C(=O)N2CCN(C(=O)[C@@H]3C[C@@H]3C)CC2)c1OC. The molecule has 0 spiro atoms. The Balaban J connectivity index is 1.66. The van der Waals surface area contributed by atoms with Crippen LogP contribution in [0, 0.1) is 11.8 Å². The highest BCUT2D eigenvalue weighted by molar-refractivity contribution is 5.98. The molecule has 2 fully saturated rings. The largest absolute Gasteiger partial charge is 0.493 e. The lowest BCUT2D eigenvalue weighted by Gasteiger charge is -2.35. The van der Waals surface area contributed by atoms with Crippen molar-refractivity contribution in [1.29, 1.82) is 0 Å². The number of hydrogen-bond donors (Lipinski definition) is 0. The lowest BCUT2D eigenvalue weighted by molar-refractivity contribution is -0.134. The minimum absolute atomic E-state index is 0.0855. The number of ether oxygens (including phenoxy) is 2. The lowest BCUT2D eigenvalue weighted by atomic mass is 10.1. The summed E-state index contributed by atoms with van der Waals surface area (Å²) in [5, 5.41) is 0. The molecule has 1 aliphatic heterocycles. The third-order valence-electron chi connectivity index (χ3n) is 4.94. The maximum Gasteiger partial charge on any atom is 0.257 e. The molecule has 2 aliphatic rings. The molecule has 0 radical (unpaired) electrons. The molecule has 130 valence electrons. The van der Waals surface area contributed by atoms with E-state index in [0.717, 1.165) is 6.42 Å². The second kappa shape index (κ2) is 6.71. The van der Waals surface area contributed by atoms with E-state index in [0.29, 0.717) is 49.2 Å². The van der Waals surface area contributed by atoms with Crippen molar-refractivity contribution in [2.75, 3.05) is 40.4 Å². The number of hydrogen-bond acceptors (Lipinski definition) is 4. The molecule has 1 heterocycles. The third kappa shape index (κ3) is 3.05. The van der Waals surface area contributed by atoms with Gasteiger partial charge in [-0.05, 0) is 24.5 Å².